The standard InChI is InChI=1S/C10H18N2O2/c1-8(13)11-5-3-10-4-6-12(7-10)9(2)14/h10H,3-7H2,1-2H3,(H,11,13). The highest BCUT2D eigenvalue weighted by molar-refractivity contribution is 5.73. The van der Waals surface area contributed by atoms with Crippen molar-refractivity contribution in [3.8, 4) is 0 Å². The molecule has 1 aliphatic rings. The zero-order valence-electron chi connectivity index (χ0n) is 8.88. The third-order valence-corrected chi connectivity index (χ3v) is 2.66. The summed E-state index contributed by atoms with van der Waals surface area (Å²) in [6.07, 6.45) is 2.04. The molecule has 0 aromatic heterocycles. The molecule has 80 valence electrons. The van der Waals surface area contributed by atoms with E-state index in [9.17, 15) is 9.59 Å². The molecule has 0 aliphatic carbocycles. The van der Waals surface area contributed by atoms with Gasteiger partial charge in [0.1, 0.15) is 0 Å². The van der Waals surface area contributed by atoms with Crippen LogP contribution in [0.5, 0.6) is 0 Å². The average Bonchev–Trinajstić information content (AvgIpc) is 2.52. The van der Waals surface area contributed by atoms with Crippen LogP contribution in [0.25, 0.3) is 0 Å². The van der Waals surface area contributed by atoms with Gasteiger partial charge in [0.2, 0.25) is 11.8 Å². The smallest absolute Gasteiger partial charge is 0.219 e. The van der Waals surface area contributed by atoms with Crippen molar-refractivity contribution in [2.75, 3.05) is 19.6 Å². The van der Waals surface area contributed by atoms with Crippen LogP contribution < -0.4 is 5.32 Å². The van der Waals surface area contributed by atoms with Crippen molar-refractivity contribution in [1.82, 2.24) is 10.2 Å². The van der Waals surface area contributed by atoms with Crippen molar-refractivity contribution in [2.24, 2.45) is 5.92 Å². The zero-order chi connectivity index (χ0) is 10.6. The SMILES string of the molecule is CC(=O)NCCC1CCN(C(C)=O)C1. The Labute approximate surface area is 84.7 Å². The van der Waals surface area contributed by atoms with Crippen LogP contribution in [0.2, 0.25) is 0 Å². The second-order valence-corrected chi connectivity index (χ2v) is 3.89. The van der Waals surface area contributed by atoms with E-state index in [1.165, 1.54) is 6.92 Å². The number of nitrogens with zero attached hydrogens (tertiary/aromatic N) is 1. The predicted octanol–water partition coefficient (Wildman–Crippen LogP) is 0.381. The Bertz CT molecular complexity index is 228. The van der Waals surface area contributed by atoms with Gasteiger partial charge in [-0.25, -0.2) is 0 Å². The van der Waals surface area contributed by atoms with Gasteiger partial charge >= 0.3 is 0 Å². The molecule has 1 heterocycles. The lowest BCUT2D eigenvalue weighted by Gasteiger charge is -2.13. The first-order valence-corrected chi connectivity index (χ1v) is 5.09. The van der Waals surface area contributed by atoms with Gasteiger partial charge in [0, 0.05) is 33.5 Å². The van der Waals surface area contributed by atoms with Crippen LogP contribution in [0.3, 0.4) is 0 Å². The van der Waals surface area contributed by atoms with E-state index in [1.807, 2.05) is 4.90 Å². The number of likely N-dealkylation sites (tertiary alicyclic amines) is 1. The molecule has 0 bridgehead atoms. The molecule has 0 radical (unpaired) electrons. The molecule has 1 N–H and O–H groups in total. The van der Waals surface area contributed by atoms with Gasteiger partial charge in [-0.05, 0) is 18.8 Å². The summed E-state index contributed by atoms with van der Waals surface area (Å²) >= 11 is 0. The van der Waals surface area contributed by atoms with Crippen molar-refractivity contribution in [1.29, 1.82) is 0 Å². The molecule has 2 amide bonds. The maximum atomic E-state index is 11.0. The largest absolute Gasteiger partial charge is 0.356 e. The van der Waals surface area contributed by atoms with Crippen LogP contribution >= 0.6 is 0 Å². The van der Waals surface area contributed by atoms with Gasteiger partial charge in [0.05, 0.1) is 0 Å². The van der Waals surface area contributed by atoms with Gasteiger partial charge in [-0.1, -0.05) is 0 Å². The van der Waals surface area contributed by atoms with Crippen LogP contribution in [0.1, 0.15) is 26.7 Å². The Morgan fingerprint density at radius 2 is 2.14 bits per heavy atom. The molecule has 0 aromatic carbocycles. The summed E-state index contributed by atoms with van der Waals surface area (Å²) in [6, 6.07) is 0. The second-order valence-electron chi connectivity index (χ2n) is 3.89. The van der Waals surface area contributed by atoms with E-state index in [0.29, 0.717) is 5.92 Å². The van der Waals surface area contributed by atoms with Gasteiger partial charge in [0.15, 0.2) is 0 Å². The second kappa shape index (κ2) is 4.98. The topological polar surface area (TPSA) is 49.4 Å². The fraction of sp³-hybridized carbons (Fsp3) is 0.800. The van der Waals surface area contributed by atoms with E-state index in [-0.39, 0.29) is 11.8 Å². The number of amides is 2. The van der Waals surface area contributed by atoms with E-state index < -0.39 is 0 Å². The lowest BCUT2D eigenvalue weighted by Crippen LogP contribution is -2.27. The van der Waals surface area contributed by atoms with Crippen LogP contribution in [-0.4, -0.2) is 36.3 Å². The quantitative estimate of drug-likeness (QED) is 0.712. The highest BCUT2D eigenvalue weighted by Gasteiger charge is 2.23. The van der Waals surface area contributed by atoms with Crippen molar-refractivity contribution < 1.29 is 9.59 Å². The molecule has 0 saturated carbocycles. The van der Waals surface area contributed by atoms with Gasteiger partial charge in [-0.2, -0.15) is 0 Å². The first-order chi connectivity index (χ1) is 6.59. The monoisotopic (exact) mass is 198 g/mol. The zero-order valence-corrected chi connectivity index (χ0v) is 8.88. The van der Waals surface area contributed by atoms with Gasteiger partial charge in [-0.15, -0.1) is 0 Å². The molecule has 14 heavy (non-hydrogen) atoms. The average molecular weight is 198 g/mol. The highest BCUT2D eigenvalue weighted by atomic mass is 16.2. The van der Waals surface area contributed by atoms with Gasteiger partial charge in [0.25, 0.3) is 0 Å². The summed E-state index contributed by atoms with van der Waals surface area (Å²) in [5.41, 5.74) is 0. The predicted molar refractivity (Wildman–Crippen MR) is 53.7 cm³/mol. The molecule has 1 saturated heterocycles. The Hall–Kier alpha value is -1.06. The van der Waals surface area contributed by atoms with Crippen LogP contribution in [0.4, 0.5) is 0 Å². The lowest BCUT2D eigenvalue weighted by molar-refractivity contribution is -0.128. The summed E-state index contributed by atoms with van der Waals surface area (Å²) in [7, 11) is 0. The molecule has 4 heteroatoms. The molecule has 4 nitrogen and oxygen atoms in total. The van der Waals surface area contributed by atoms with E-state index in [4.69, 9.17) is 0 Å². The lowest BCUT2D eigenvalue weighted by atomic mass is 10.1. The van der Waals surface area contributed by atoms with E-state index >= 15 is 0 Å². The summed E-state index contributed by atoms with van der Waals surface area (Å²) in [4.78, 5) is 23.5. The molecular formula is C10H18N2O2. The molecule has 1 fully saturated rings. The Kier molecular flexibility index (Phi) is 3.92. The van der Waals surface area contributed by atoms with Crippen molar-refractivity contribution in [3.63, 3.8) is 0 Å². The molecular weight excluding hydrogens is 180 g/mol. The van der Waals surface area contributed by atoms with Crippen molar-refractivity contribution in [2.45, 2.75) is 26.7 Å². The maximum Gasteiger partial charge on any atom is 0.219 e. The minimum Gasteiger partial charge on any atom is -0.356 e. The van der Waals surface area contributed by atoms with Crippen molar-refractivity contribution >= 4 is 11.8 Å². The highest BCUT2D eigenvalue weighted by Crippen LogP contribution is 2.18. The summed E-state index contributed by atoms with van der Waals surface area (Å²) < 4.78 is 0. The van der Waals surface area contributed by atoms with Gasteiger partial charge < -0.3 is 10.2 Å². The number of rotatable bonds is 3. The minimum atomic E-state index is 0.0198. The molecule has 0 aromatic rings. The molecule has 0 spiro atoms. The number of hydrogen-bond acceptors (Lipinski definition) is 2. The molecule has 1 aliphatic heterocycles. The third-order valence-electron chi connectivity index (χ3n) is 2.66. The van der Waals surface area contributed by atoms with Crippen molar-refractivity contribution in [3.05, 3.63) is 0 Å². The fourth-order valence-corrected chi connectivity index (χ4v) is 1.81. The van der Waals surface area contributed by atoms with E-state index in [0.717, 1.165) is 32.5 Å². The minimum absolute atomic E-state index is 0.0198. The summed E-state index contributed by atoms with van der Waals surface area (Å²) in [6.45, 7) is 5.59. The van der Waals surface area contributed by atoms with Gasteiger partial charge in [-0.3, -0.25) is 9.59 Å². The number of carbonyl (C=O) groups excluding carboxylic acids is 2. The van der Waals surface area contributed by atoms with Crippen LogP contribution in [-0.2, 0) is 9.59 Å². The van der Waals surface area contributed by atoms with E-state index in [1.54, 1.807) is 6.92 Å². The fourth-order valence-electron chi connectivity index (χ4n) is 1.81. The number of carbonyl (C=O) groups is 2. The molecule has 1 atom stereocenters. The number of nitrogens with one attached hydrogen (secondary N) is 1. The third kappa shape index (κ3) is 3.36. The summed E-state index contributed by atoms with van der Waals surface area (Å²) in [5.74, 6) is 0.740. The molecule has 1 rings (SSSR count). The van der Waals surface area contributed by atoms with E-state index in [2.05, 4.69) is 5.32 Å². The number of hydrogen-bond donors (Lipinski definition) is 1. The van der Waals surface area contributed by atoms with Crippen LogP contribution in [0, 0.1) is 5.92 Å². The molecule has 1 unspecified atom stereocenters. The summed E-state index contributed by atoms with van der Waals surface area (Å²) in [5, 5.41) is 2.77. The normalized spacial score (nSPS) is 21.0. The maximum absolute atomic E-state index is 11.0. The first-order valence-electron chi connectivity index (χ1n) is 5.09. The Balaban J connectivity index is 2.16. The Morgan fingerprint density at radius 1 is 1.43 bits per heavy atom. The first kappa shape index (κ1) is 11.0. The van der Waals surface area contributed by atoms with Crippen LogP contribution in [0.15, 0.2) is 0 Å². The Morgan fingerprint density at radius 3 is 2.64 bits per heavy atom.